The highest BCUT2D eigenvalue weighted by Gasteiger charge is 2.09. The first-order valence-corrected chi connectivity index (χ1v) is 7.14. The summed E-state index contributed by atoms with van der Waals surface area (Å²) < 4.78 is 5.25. The molecule has 0 saturated heterocycles. The maximum absolute atomic E-state index is 5.25. The van der Waals surface area contributed by atoms with Gasteiger partial charge in [0.25, 0.3) is 0 Å². The van der Waals surface area contributed by atoms with Crippen LogP contribution in [0.4, 0.5) is 0 Å². The third kappa shape index (κ3) is 1.67. The summed E-state index contributed by atoms with van der Waals surface area (Å²) in [6.07, 6.45) is 1.84. The molecule has 0 atom stereocenters. The zero-order chi connectivity index (χ0) is 13.5. The molecule has 0 aliphatic carbocycles. The quantitative estimate of drug-likeness (QED) is 0.607. The molecule has 3 aromatic heterocycles. The molecule has 0 amide bonds. The van der Waals surface area contributed by atoms with E-state index in [1.807, 2.05) is 30.5 Å². The van der Waals surface area contributed by atoms with Crippen molar-refractivity contribution >= 4 is 33.3 Å². The summed E-state index contributed by atoms with van der Waals surface area (Å²) in [7, 11) is 1.66. The van der Waals surface area contributed by atoms with Crippen LogP contribution in [-0.4, -0.2) is 22.1 Å². The van der Waals surface area contributed by atoms with E-state index in [9.17, 15) is 0 Å². The van der Waals surface area contributed by atoms with Crippen LogP contribution in [-0.2, 0) is 0 Å². The van der Waals surface area contributed by atoms with E-state index in [0.29, 0.717) is 5.82 Å². The molecule has 0 fully saturated rings. The van der Waals surface area contributed by atoms with Crippen LogP contribution in [0.15, 0.2) is 41.2 Å². The van der Waals surface area contributed by atoms with Crippen molar-refractivity contribution in [1.82, 2.24) is 15.0 Å². The number of fused-ring (bicyclic) bond motifs is 3. The molecule has 0 radical (unpaired) electrons. The highest BCUT2D eigenvalue weighted by molar-refractivity contribution is 7.09. The normalized spacial score (nSPS) is 11.2. The van der Waals surface area contributed by atoms with Crippen molar-refractivity contribution in [2.75, 3.05) is 7.11 Å². The van der Waals surface area contributed by atoms with E-state index in [1.165, 1.54) is 0 Å². The van der Waals surface area contributed by atoms with Crippen molar-refractivity contribution in [2.24, 2.45) is 0 Å². The number of nitrogens with zero attached hydrogens (tertiary/aromatic N) is 2. The van der Waals surface area contributed by atoms with Gasteiger partial charge in [-0.1, -0.05) is 12.1 Å². The second kappa shape index (κ2) is 4.31. The number of ether oxygens (including phenoxy) is 1. The number of rotatable bonds is 2. The molecule has 0 unspecified atom stereocenters. The molecule has 1 N–H and O–H groups in total. The molecule has 0 bridgehead atoms. The summed E-state index contributed by atoms with van der Waals surface area (Å²) in [5.41, 5.74) is 4.00. The number of hydrogen-bond donors (Lipinski definition) is 1. The van der Waals surface area contributed by atoms with E-state index in [0.717, 1.165) is 33.2 Å². The van der Waals surface area contributed by atoms with Crippen LogP contribution >= 0.6 is 11.3 Å². The van der Waals surface area contributed by atoms with E-state index in [-0.39, 0.29) is 0 Å². The third-order valence-corrected chi connectivity index (χ3v) is 4.05. The number of aromatic nitrogens is 3. The lowest BCUT2D eigenvalue weighted by Crippen LogP contribution is -1.90. The Morgan fingerprint density at radius 1 is 1.20 bits per heavy atom. The number of nitrogens with one attached hydrogen (secondary N) is 1. The summed E-state index contributed by atoms with van der Waals surface area (Å²) in [6, 6.07) is 7.79. The zero-order valence-corrected chi connectivity index (χ0v) is 11.6. The highest BCUT2D eigenvalue weighted by atomic mass is 32.1. The van der Waals surface area contributed by atoms with Crippen molar-refractivity contribution in [3.8, 4) is 17.1 Å². The summed E-state index contributed by atoms with van der Waals surface area (Å²) in [4.78, 5) is 12.4. The van der Waals surface area contributed by atoms with E-state index in [2.05, 4.69) is 25.7 Å². The van der Waals surface area contributed by atoms with Crippen molar-refractivity contribution in [3.05, 3.63) is 41.2 Å². The summed E-state index contributed by atoms with van der Waals surface area (Å²) in [5.74, 6) is 1.52. The van der Waals surface area contributed by atoms with E-state index in [4.69, 9.17) is 4.74 Å². The predicted molar refractivity (Wildman–Crippen MR) is 81.3 cm³/mol. The molecule has 4 aromatic rings. The summed E-state index contributed by atoms with van der Waals surface area (Å²) >= 11 is 1.67. The SMILES string of the molecule is COc1cccc(-c2ncc3[nH]c4cscc4c3n2)c1. The Morgan fingerprint density at radius 2 is 2.15 bits per heavy atom. The van der Waals surface area contributed by atoms with Crippen LogP contribution in [0, 0.1) is 0 Å². The molecule has 0 saturated carbocycles. The van der Waals surface area contributed by atoms with Crippen LogP contribution in [0.3, 0.4) is 0 Å². The predicted octanol–water partition coefficient (Wildman–Crippen LogP) is 3.85. The highest BCUT2D eigenvalue weighted by Crippen LogP contribution is 2.28. The van der Waals surface area contributed by atoms with Crippen molar-refractivity contribution < 1.29 is 4.74 Å². The monoisotopic (exact) mass is 281 g/mol. The van der Waals surface area contributed by atoms with Crippen LogP contribution in [0.2, 0.25) is 0 Å². The van der Waals surface area contributed by atoms with Crippen LogP contribution in [0.5, 0.6) is 5.75 Å². The van der Waals surface area contributed by atoms with Gasteiger partial charge in [0.15, 0.2) is 5.82 Å². The van der Waals surface area contributed by atoms with Gasteiger partial charge in [0, 0.05) is 21.7 Å². The Morgan fingerprint density at radius 3 is 3.05 bits per heavy atom. The maximum atomic E-state index is 5.25. The first-order chi connectivity index (χ1) is 9.85. The van der Waals surface area contributed by atoms with Gasteiger partial charge in [-0.2, -0.15) is 0 Å². The molecule has 0 aliphatic heterocycles. The Balaban J connectivity index is 1.94. The van der Waals surface area contributed by atoms with Crippen LogP contribution in [0.25, 0.3) is 33.3 Å². The molecular weight excluding hydrogens is 270 g/mol. The standard InChI is InChI=1S/C15H11N3OS/c1-19-10-4-2-3-9(5-10)15-16-6-12-14(18-15)11-7-20-8-13(11)17-12/h2-8,17H,1H3. The fraction of sp³-hybridized carbons (Fsp3) is 0.0667. The average molecular weight is 281 g/mol. The van der Waals surface area contributed by atoms with Gasteiger partial charge in [-0.25, -0.2) is 9.97 Å². The van der Waals surface area contributed by atoms with Crippen LogP contribution < -0.4 is 4.74 Å². The van der Waals surface area contributed by atoms with Gasteiger partial charge >= 0.3 is 0 Å². The lowest BCUT2D eigenvalue weighted by atomic mass is 10.2. The maximum Gasteiger partial charge on any atom is 0.160 e. The van der Waals surface area contributed by atoms with Gasteiger partial charge in [-0.3, -0.25) is 0 Å². The Kier molecular flexibility index (Phi) is 2.47. The lowest BCUT2D eigenvalue weighted by Gasteiger charge is -2.03. The minimum Gasteiger partial charge on any atom is -0.497 e. The molecule has 3 heterocycles. The molecule has 4 rings (SSSR count). The van der Waals surface area contributed by atoms with Gasteiger partial charge in [-0.15, -0.1) is 11.3 Å². The number of H-pyrrole nitrogens is 1. The first-order valence-electron chi connectivity index (χ1n) is 6.20. The Labute approximate surface area is 119 Å². The largest absolute Gasteiger partial charge is 0.497 e. The molecule has 0 aliphatic rings. The molecule has 5 heteroatoms. The molecular formula is C15H11N3OS. The van der Waals surface area contributed by atoms with Crippen molar-refractivity contribution in [3.63, 3.8) is 0 Å². The number of aromatic amines is 1. The topological polar surface area (TPSA) is 50.8 Å². The van der Waals surface area contributed by atoms with E-state index < -0.39 is 0 Å². The van der Waals surface area contributed by atoms with E-state index in [1.54, 1.807) is 18.4 Å². The smallest absolute Gasteiger partial charge is 0.160 e. The van der Waals surface area contributed by atoms with Crippen LogP contribution in [0.1, 0.15) is 0 Å². The number of methoxy groups -OCH3 is 1. The second-order valence-electron chi connectivity index (χ2n) is 4.51. The fourth-order valence-corrected chi connectivity index (χ4v) is 3.07. The minimum absolute atomic E-state index is 0.712. The first kappa shape index (κ1) is 11.4. The molecule has 0 spiro atoms. The molecule has 20 heavy (non-hydrogen) atoms. The van der Waals surface area contributed by atoms with Crippen molar-refractivity contribution in [2.45, 2.75) is 0 Å². The van der Waals surface area contributed by atoms with Crippen molar-refractivity contribution in [1.29, 1.82) is 0 Å². The number of hydrogen-bond acceptors (Lipinski definition) is 4. The zero-order valence-electron chi connectivity index (χ0n) is 10.8. The molecule has 98 valence electrons. The van der Waals surface area contributed by atoms with Gasteiger partial charge in [0.2, 0.25) is 0 Å². The van der Waals surface area contributed by atoms with Gasteiger partial charge < -0.3 is 9.72 Å². The Hall–Kier alpha value is -2.40. The van der Waals surface area contributed by atoms with Gasteiger partial charge in [0.1, 0.15) is 11.3 Å². The summed E-state index contributed by atoms with van der Waals surface area (Å²) in [6.45, 7) is 0. The molecule has 1 aromatic carbocycles. The average Bonchev–Trinajstić information content (AvgIpc) is 3.07. The van der Waals surface area contributed by atoms with Gasteiger partial charge in [0.05, 0.1) is 24.3 Å². The minimum atomic E-state index is 0.712. The number of thiophene rings is 1. The lowest BCUT2D eigenvalue weighted by molar-refractivity contribution is 0.415. The number of benzene rings is 1. The second-order valence-corrected chi connectivity index (χ2v) is 5.26. The van der Waals surface area contributed by atoms with Gasteiger partial charge in [-0.05, 0) is 12.1 Å². The third-order valence-electron chi connectivity index (χ3n) is 3.30. The molecule has 4 nitrogen and oxygen atoms in total. The van der Waals surface area contributed by atoms with E-state index >= 15 is 0 Å². The fourth-order valence-electron chi connectivity index (χ4n) is 2.30. The summed E-state index contributed by atoms with van der Waals surface area (Å²) in [5, 5.41) is 5.34. The Bertz CT molecular complexity index is 910.